The van der Waals surface area contributed by atoms with Crippen molar-refractivity contribution >= 4 is 0 Å². The highest BCUT2D eigenvalue weighted by molar-refractivity contribution is 5.29. The molecule has 3 nitrogen and oxygen atoms in total. The molecule has 2 fully saturated rings. The summed E-state index contributed by atoms with van der Waals surface area (Å²) in [5.41, 5.74) is 1.06. The minimum absolute atomic E-state index is 0.170. The van der Waals surface area contributed by atoms with Gasteiger partial charge in [0.05, 0.1) is 12.2 Å². The normalized spacial score (nSPS) is 29.9. The molecule has 110 valence electrons. The van der Waals surface area contributed by atoms with Crippen LogP contribution in [0, 0.1) is 0 Å². The van der Waals surface area contributed by atoms with Crippen LogP contribution in [-0.4, -0.2) is 24.9 Å². The SMILES string of the molecule is CC(NC1CC2CCC1O2)c1ccc(OC(F)F)cc1. The molecule has 2 aliphatic heterocycles. The third-order valence-electron chi connectivity index (χ3n) is 4.18. The van der Waals surface area contributed by atoms with Gasteiger partial charge in [-0.15, -0.1) is 0 Å². The molecule has 5 heteroatoms. The monoisotopic (exact) mass is 283 g/mol. The summed E-state index contributed by atoms with van der Waals surface area (Å²) in [6.07, 6.45) is 4.14. The fraction of sp³-hybridized carbons (Fsp3) is 0.600. The Morgan fingerprint density at radius 3 is 2.55 bits per heavy atom. The minimum atomic E-state index is -2.78. The Labute approximate surface area is 117 Å². The number of hydrogen-bond acceptors (Lipinski definition) is 3. The van der Waals surface area contributed by atoms with Gasteiger partial charge in [0.1, 0.15) is 5.75 Å². The van der Waals surface area contributed by atoms with Crippen LogP contribution in [0.15, 0.2) is 24.3 Å². The summed E-state index contributed by atoms with van der Waals surface area (Å²) in [5, 5.41) is 3.57. The molecule has 0 amide bonds. The zero-order chi connectivity index (χ0) is 14.1. The van der Waals surface area contributed by atoms with E-state index in [1.165, 1.54) is 6.42 Å². The zero-order valence-corrected chi connectivity index (χ0v) is 11.4. The molecule has 1 aromatic carbocycles. The molecule has 20 heavy (non-hydrogen) atoms. The molecule has 0 radical (unpaired) electrons. The van der Waals surface area contributed by atoms with E-state index >= 15 is 0 Å². The van der Waals surface area contributed by atoms with Crippen LogP contribution in [0.25, 0.3) is 0 Å². The second-order valence-electron chi connectivity index (χ2n) is 5.55. The van der Waals surface area contributed by atoms with Gasteiger partial charge in [0, 0.05) is 12.1 Å². The van der Waals surface area contributed by atoms with Crippen molar-refractivity contribution in [2.45, 2.75) is 57.1 Å². The van der Waals surface area contributed by atoms with Crippen molar-refractivity contribution in [3.8, 4) is 5.75 Å². The molecule has 4 unspecified atom stereocenters. The Kier molecular flexibility index (Phi) is 3.89. The van der Waals surface area contributed by atoms with Crippen molar-refractivity contribution in [1.29, 1.82) is 0 Å². The van der Waals surface area contributed by atoms with Crippen molar-refractivity contribution in [3.05, 3.63) is 29.8 Å². The number of rotatable bonds is 5. The highest BCUT2D eigenvalue weighted by atomic mass is 19.3. The number of hydrogen-bond donors (Lipinski definition) is 1. The number of ether oxygens (including phenoxy) is 2. The minimum Gasteiger partial charge on any atom is -0.435 e. The molecule has 4 atom stereocenters. The van der Waals surface area contributed by atoms with Crippen LogP contribution in [0.2, 0.25) is 0 Å². The molecule has 3 rings (SSSR count). The Morgan fingerprint density at radius 1 is 1.25 bits per heavy atom. The fourth-order valence-electron chi connectivity index (χ4n) is 3.17. The van der Waals surface area contributed by atoms with Crippen LogP contribution in [0.3, 0.4) is 0 Å². The lowest BCUT2D eigenvalue weighted by molar-refractivity contribution is -0.0498. The summed E-state index contributed by atoms with van der Waals surface area (Å²) in [7, 11) is 0. The molecular formula is C15H19F2NO2. The molecule has 2 heterocycles. The predicted molar refractivity (Wildman–Crippen MR) is 70.9 cm³/mol. The van der Waals surface area contributed by atoms with Gasteiger partial charge in [-0.2, -0.15) is 8.78 Å². The number of halogens is 2. The molecule has 2 saturated heterocycles. The van der Waals surface area contributed by atoms with Gasteiger partial charge in [0.25, 0.3) is 0 Å². The van der Waals surface area contributed by atoms with E-state index in [0.29, 0.717) is 18.2 Å². The van der Waals surface area contributed by atoms with E-state index < -0.39 is 6.61 Å². The summed E-state index contributed by atoms with van der Waals surface area (Å²) in [6, 6.07) is 7.38. The standard InChI is InChI=1S/C15H19F2NO2/c1-9(18-13-8-12-6-7-14(13)19-12)10-2-4-11(5-3-10)20-15(16)17/h2-5,9,12-15,18H,6-8H2,1H3. The zero-order valence-electron chi connectivity index (χ0n) is 11.4. The molecular weight excluding hydrogens is 264 g/mol. The Bertz CT molecular complexity index is 452. The Balaban J connectivity index is 1.58. The first-order chi connectivity index (χ1) is 9.61. The van der Waals surface area contributed by atoms with Crippen LogP contribution in [0.1, 0.15) is 37.8 Å². The molecule has 0 aromatic heterocycles. The van der Waals surface area contributed by atoms with E-state index in [1.54, 1.807) is 12.1 Å². The highest BCUT2D eigenvalue weighted by Gasteiger charge is 2.40. The number of alkyl halides is 2. The van der Waals surface area contributed by atoms with E-state index in [9.17, 15) is 8.78 Å². The van der Waals surface area contributed by atoms with E-state index in [1.807, 2.05) is 12.1 Å². The van der Waals surface area contributed by atoms with Crippen molar-refractivity contribution in [1.82, 2.24) is 5.32 Å². The van der Waals surface area contributed by atoms with Gasteiger partial charge in [-0.3, -0.25) is 0 Å². The van der Waals surface area contributed by atoms with E-state index in [-0.39, 0.29) is 11.8 Å². The summed E-state index contributed by atoms with van der Waals surface area (Å²) in [6.45, 7) is -0.697. The quantitative estimate of drug-likeness (QED) is 0.899. The predicted octanol–water partition coefficient (Wildman–Crippen LogP) is 3.26. The second-order valence-corrected chi connectivity index (χ2v) is 5.55. The highest BCUT2D eigenvalue weighted by Crippen LogP contribution is 2.35. The van der Waals surface area contributed by atoms with Crippen molar-refractivity contribution in [2.24, 2.45) is 0 Å². The van der Waals surface area contributed by atoms with E-state index in [2.05, 4.69) is 17.0 Å². The van der Waals surface area contributed by atoms with E-state index in [0.717, 1.165) is 18.4 Å². The number of benzene rings is 1. The largest absolute Gasteiger partial charge is 0.435 e. The molecule has 1 N–H and O–H groups in total. The average molecular weight is 283 g/mol. The molecule has 1 aromatic rings. The summed E-state index contributed by atoms with van der Waals surface area (Å²) >= 11 is 0. The van der Waals surface area contributed by atoms with Gasteiger partial charge in [-0.1, -0.05) is 12.1 Å². The summed E-state index contributed by atoms with van der Waals surface area (Å²) < 4.78 is 34.3. The molecule has 0 aliphatic carbocycles. The maximum atomic E-state index is 12.1. The molecule has 2 aliphatic rings. The van der Waals surface area contributed by atoms with Gasteiger partial charge < -0.3 is 14.8 Å². The maximum absolute atomic E-state index is 12.1. The van der Waals surface area contributed by atoms with Crippen LogP contribution < -0.4 is 10.1 Å². The van der Waals surface area contributed by atoms with Gasteiger partial charge in [0.2, 0.25) is 0 Å². The van der Waals surface area contributed by atoms with Crippen molar-refractivity contribution in [3.63, 3.8) is 0 Å². The van der Waals surface area contributed by atoms with Gasteiger partial charge in [-0.25, -0.2) is 0 Å². The van der Waals surface area contributed by atoms with Crippen molar-refractivity contribution < 1.29 is 18.3 Å². The third-order valence-corrected chi connectivity index (χ3v) is 4.18. The lowest BCUT2D eigenvalue weighted by Crippen LogP contribution is -2.38. The van der Waals surface area contributed by atoms with Crippen LogP contribution >= 0.6 is 0 Å². The van der Waals surface area contributed by atoms with Crippen LogP contribution in [0.5, 0.6) is 5.75 Å². The Morgan fingerprint density at radius 2 is 2.00 bits per heavy atom. The Hall–Kier alpha value is -1.20. The summed E-state index contributed by atoms with van der Waals surface area (Å²) in [4.78, 5) is 0. The first kappa shape index (κ1) is 13.8. The smallest absolute Gasteiger partial charge is 0.387 e. The van der Waals surface area contributed by atoms with Gasteiger partial charge in [0.15, 0.2) is 0 Å². The number of fused-ring (bicyclic) bond motifs is 2. The number of nitrogens with one attached hydrogen (secondary N) is 1. The molecule has 0 spiro atoms. The van der Waals surface area contributed by atoms with Gasteiger partial charge >= 0.3 is 6.61 Å². The lowest BCUT2D eigenvalue weighted by atomic mass is 9.94. The first-order valence-corrected chi connectivity index (χ1v) is 7.08. The summed E-state index contributed by atoms with van der Waals surface area (Å²) in [5.74, 6) is 0.194. The lowest BCUT2D eigenvalue weighted by Gasteiger charge is -2.25. The fourth-order valence-corrected chi connectivity index (χ4v) is 3.17. The molecule has 0 saturated carbocycles. The maximum Gasteiger partial charge on any atom is 0.387 e. The topological polar surface area (TPSA) is 30.5 Å². The van der Waals surface area contributed by atoms with Gasteiger partial charge in [-0.05, 0) is 43.9 Å². The van der Waals surface area contributed by atoms with E-state index in [4.69, 9.17) is 4.74 Å². The average Bonchev–Trinajstić information content (AvgIpc) is 3.01. The second kappa shape index (κ2) is 5.66. The van der Waals surface area contributed by atoms with Crippen LogP contribution in [0.4, 0.5) is 8.78 Å². The van der Waals surface area contributed by atoms with Crippen LogP contribution in [-0.2, 0) is 4.74 Å². The molecule has 2 bridgehead atoms. The van der Waals surface area contributed by atoms with Crippen molar-refractivity contribution in [2.75, 3.05) is 0 Å². The first-order valence-electron chi connectivity index (χ1n) is 7.08. The third kappa shape index (κ3) is 2.94.